The summed E-state index contributed by atoms with van der Waals surface area (Å²) in [6.07, 6.45) is -4.20. The topological polar surface area (TPSA) is 56.3 Å². The van der Waals surface area contributed by atoms with E-state index in [-0.39, 0.29) is 24.3 Å². The molecule has 2 amide bonds. The number of fused-ring (bicyclic) bond motifs is 3. The van der Waals surface area contributed by atoms with Crippen molar-refractivity contribution < 1.29 is 27.5 Å². The maximum absolute atomic E-state index is 13.9. The van der Waals surface area contributed by atoms with Crippen molar-refractivity contribution >= 4 is 23.2 Å². The molecule has 0 aromatic heterocycles. The van der Waals surface area contributed by atoms with Crippen molar-refractivity contribution in [3.8, 4) is 5.75 Å². The van der Waals surface area contributed by atoms with Crippen LogP contribution >= 0.6 is 0 Å². The van der Waals surface area contributed by atoms with Crippen LogP contribution < -0.4 is 14.5 Å². The zero-order chi connectivity index (χ0) is 26.3. The van der Waals surface area contributed by atoms with E-state index in [0.29, 0.717) is 51.4 Å². The molecule has 0 N–H and O–H groups in total. The second kappa shape index (κ2) is 9.79. The molecule has 2 aromatic carbocycles. The first kappa shape index (κ1) is 25.2. The number of hydrogen-bond acceptors (Lipinski definition) is 5. The van der Waals surface area contributed by atoms with Crippen LogP contribution in [0.25, 0.3) is 0 Å². The number of carbonyl (C=O) groups excluding carboxylic acids is 2. The fraction of sp³-hybridized carbons (Fsp3) is 0.481. The molecule has 3 aliphatic heterocycles. The lowest BCUT2D eigenvalue weighted by atomic mass is 9.82. The smallest absolute Gasteiger partial charge is 0.416 e. The van der Waals surface area contributed by atoms with Crippen molar-refractivity contribution in [3.05, 3.63) is 53.6 Å². The number of alkyl halides is 3. The van der Waals surface area contributed by atoms with E-state index >= 15 is 0 Å². The van der Waals surface area contributed by atoms with Gasteiger partial charge in [0.25, 0.3) is 0 Å². The number of hydrogen-bond donors (Lipinski definition) is 0. The SMILES string of the molecule is COc1cccc(N2CCN3c4ccc(C(F)(F)F)cc4CC(C(=O)N4CCN(C(C)=O)CC4)C3C2)c1. The minimum absolute atomic E-state index is 0.0224. The van der Waals surface area contributed by atoms with Gasteiger partial charge >= 0.3 is 6.18 Å². The van der Waals surface area contributed by atoms with Gasteiger partial charge in [0.15, 0.2) is 0 Å². The molecule has 3 aliphatic rings. The second-order valence-electron chi connectivity index (χ2n) is 9.89. The molecule has 0 radical (unpaired) electrons. The van der Waals surface area contributed by atoms with Crippen LogP contribution in [0.3, 0.4) is 0 Å². The highest BCUT2D eigenvalue weighted by Crippen LogP contribution is 2.41. The van der Waals surface area contributed by atoms with Crippen molar-refractivity contribution in [2.24, 2.45) is 5.92 Å². The number of carbonyl (C=O) groups is 2. The Morgan fingerprint density at radius 3 is 2.35 bits per heavy atom. The molecular weight excluding hydrogens is 485 g/mol. The van der Waals surface area contributed by atoms with E-state index in [4.69, 9.17) is 4.74 Å². The largest absolute Gasteiger partial charge is 0.497 e. The molecule has 198 valence electrons. The van der Waals surface area contributed by atoms with Gasteiger partial charge in [-0.2, -0.15) is 13.2 Å². The summed E-state index contributed by atoms with van der Waals surface area (Å²) in [5, 5.41) is 0. The Labute approximate surface area is 214 Å². The minimum Gasteiger partial charge on any atom is -0.497 e. The van der Waals surface area contributed by atoms with Gasteiger partial charge < -0.3 is 24.3 Å². The van der Waals surface area contributed by atoms with Crippen LogP contribution in [0, 0.1) is 5.92 Å². The van der Waals surface area contributed by atoms with Crippen molar-refractivity contribution in [1.29, 1.82) is 0 Å². The van der Waals surface area contributed by atoms with Crippen LogP contribution in [0.4, 0.5) is 24.5 Å². The third-order valence-electron chi connectivity index (χ3n) is 7.81. The van der Waals surface area contributed by atoms with Crippen LogP contribution in [0.2, 0.25) is 0 Å². The van der Waals surface area contributed by atoms with Crippen molar-refractivity contribution in [1.82, 2.24) is 9.80 Å². The number of amides is 2. The van der Waals surface area contributed by atoms with Gasteiger partial charge in [0.05, 0.1) is 24.6 Å². The molecule has 2 unspecified atom stereocenters. The Kier molecular flexibility index (Phi) is 6.68. The number of benzene rings is 2. The number of anilines is 2. The number of halogens is 3. The molecular formula is C27H31F3N4O3. The van der Waals surface area contributed by atoms with Crippen molar-refractivity contribution in [2.45, 2.75) is 25.6 Å². The molecule has 2 atom stereocenters. The first-order chi connectivity index (χ1) is 17.7. The molecule has 0 spiro atoms. The standard InChI is InChI=1S/C27H31F3N4O3/c1-18(35)31-8-10-32(11-9-31)26(36)23-15-19-14-20(27(28,29)30)6-7-24(19)34-13-12-33(17-25(23)34)21-4-3-5-22(16-21)37-2/h3-7,14,16,23,25H,8-13,15,17H2,1-2H3. The predicted molar refractivity (Wildman–Crippen MR) is 134 cm³/mol. The molecule has 7 nitrogen and oxygen atoms in total. The molecule has 5 rings (SSSR count). The number of rotatable bonds is 3. The molecule has 37 heavy (non-hydrogen) atoms. The highest BCUT2D eigenvalue weighted by atomic mass is 19.4. The monoisotopic (exact) mass is 516 g/mol. The maximum Gasteiger partial charge on any atom is 0.416 e. The van der Waals surface area contributed by atoms with Crippen molar-refractivity contribution in [3.63, 3.8) is 0 Å². The van der Waals surface area contributed by atoms with Crippen LogP contribution in [0.5, 0.6) is 5.75 Å². The van der Waals surface area contributed by atoms with E-state index in [2.05, 4.69) is 9.80 Å². The van der Waals surface area contributed by atoms with E-state index < -0.39 is 17.7 Å². The number of methoxy groups -OCH3 is 1. The average molecular weight is 517 g/mol. The van der Waals surface area contributed by atoms with E-state index in [1.54, 1.807) is 23.0 Å². The quantitative estimate of drug-likeness (QED) is 0.627. The van der Waals surface area contributed by atoms with E-state index in [1.807, 2.05) is 24.3 Å². The van der Waals surface area contributed by atoms with Crippen LogP contribution in [-0.2, 0) is 22.2 Å². The number of ether oxygens (including phenoxy) is 1. The van der Waals surface area contributed by atoms with Gasteiger partial charge in [-0.15, -0.1) is 0 Å². The molecule has 2 aromatic rings. The molecule has 0 aliphatic carbocycles. The summed E-state index contributed by atoms with van der Waals surface area (Å²) in [7, 11) is 1.62. The summed E-state index contributed by atoms with van der Waals surface area (Å²) >= 11 is 0. The normalized spacial score (nSPS) is 21.9. The third kappa shape index (κ3) is 4.93. The Morgan fingerprint density at radius 1 is 0.946 bits per heavy atom. The highest BCUT2D eigenvalue weighted by Gasteiger charge is 2.44. The zero-order valence-electron chi connectivity index (χ0n) is 21.0. The first-order valence-electron chi connectivity index (χ1n) is 12.6. The maximum atomic E-state index is 13.9. The van der Waals surface area contributed by atoms with E-state index in [9.17, 15) is 22.8 Å². The van der Waals surface area contributed by atoms with E-state index in [1.165, 1.54) is 13.0 Å². The highest BCUT2D eigenvalue weighted by molar-refractivity contribution is 5.83. The molecule has 2 saturated heterocycles. The first-order valence-corrected chi connectivity index (χ1v) is 12.6. The summed E-state index contributed by atoms with van der Waals surface area (Å²) in [4.78, 5) is 33.4. The molecule has 0 saturated carbocycles. The Bertz CT molecular complexity index is 1180. The summed E-state index contributed by atoms with van der Waals surface area (Å²) in [6, 6.07) is 11.5. The fourth-order valence-corrected chi connectivity index (χ4v) is 5.80. The Morgan fingerprint density at radius 2 is 1.68 bits per heavy atom. The zero-order valence-corrected chi connectivity index (χ0v) is 21.0. The molecule has 3 heterocycles. The van der Waals surface area contributed by atoms with Gasteiger partial charge in [0.2, 0.25) is 11.8 Å². The minimum atomic E-state index is -4.44. The second-order valence-corrected chi connectivity index (χ2v) is 9.89. The van der Waals surface area contributed by atoms with Gasteiger partial charge in [-0.1, -0.05) is 6.07 Å². The Balaban J connectivity index is 1.45. The lowest BCUT2D eigenvalue weighted by Gasteiger charge is -2.50. The lowest BCUT2D eigenvalue weighted by Crippen LogP contribution is -2.62. The predicted octanol–water partition coefficient (Wildman–Crippen LogP) is 3.27. The fourth-order valence-electron chi connectivity index (χ4n) is 5.80. The van der Waals surface area contributed by atoms with Gasteiger partial charge in [0, 0.05) is 70.2 Å². The van der Waals surface area contributed by atoms with Gasteiger partial charge in [0.1, 0.15) is 5.75 Å². The van der Waals surface area contributed by atoms with Crippen LogP contribution in [0.15, 0.2) is 42.5 Å². The van der Waals surface area contributed by atoms with Crippen LogP contribution in [-0.4, -0.2) is 80.6 Å². The molecule has 0 bridgehead atoms. The Hall–Kier alpha value is -3.43. The summed E-state index contributed by atoms with van der Waals surface area (Å²) in [6.45, 7) is 5.12. The summed E-state index contributed by atoms with van der Waals surface area (Å²) in [5.74, 6) is 0.164. The van der Waals surface area contributed by atoms with Gasteiger partial charge in [-0.3, -0.25) is 9.59 Å². The third-order valence-corrected chi connectivity index (χ3v) is 7.81. The van der Waals surface area contributed by atoms with Gasteiger partial charge in [-0.05, 0) is 42.3 Å². The number of piperazine rings is 2. The number of nitrogens with zero attached hydrogens (tertiary/aromatic N) is 4. The van der Waals surface area contributed by atoms with Crippen molar-refractivity contribution in [2.75, 3.05) is 62.7 Å². The van der Waals surface area contributed by atoms with Crippen LogP contribution in [0.1, 0.15) is 18.1 Å². The summed E-state index contributed by atoms with van der Waals surface area (Å²) < 4.78 is 45.9. The molecule has 10 heteroatoms. The van der Waals surface area contributed by atoms with E-state index in [0.717, 1.165) is 23.2 Å². The average Bonchev–Trinajstić information content (AvgIpc) is 2.91. The van der Waals surface area contributed by atoms with Gasteiger partial charge in [-0.25, -0.2) is 0 Å². The summed E-state index contributed by atoms with van der Waals surface area (Å²) in [5.41, 5.74) is 1.62. The lowest BCUT2D eigenvalue weighted by molar-refractivity contribution is -0.142. The molecule has 2 fully saturated rings.